The zero-order chi connectivity index (χ0) is 11.4. The van der Waals surface area contributed by atoms with E-state index in [1.807, 2.05) is 0 Å². The van der Waals surface area contributed by atoms with Gasteiger partial charge in [-0.25, -0.2) is 0 Å². The fourth-order valence-electron chi connectivity index (χ4n) is 1.60. The van der Waals surface area contributed by atoms with Gasteiger partial charge in [0.05, 0.1) is 0 Å². The van der Waals surface area contributed by atoms with E-state index in [0.29, 0.717) is 10.8 Å². The lowest BCUT2D eigenvalue weighted by Crippen LogP contribution is -2.26. The van der Waals surface area contributed by atoms with E-state index in [2.05, 4.69) is 48.5 Å². The molecule has 0 spiro atoms. The van der Waals surface area contributed by atoms with Gasteiger partial charge in [-0.15, -0.1) is 0 Å². The number of rotatable bonds is 0. The molecule has 1 aliphatic rings. The Hall–Kier alpha value is 0. The van der Waals surface area contributed by atoms with E-state index < -0.39 is 0 Å². The van der Waals surface area contributed by atoms with E-state index in [1.165, 1.54) is 25.7 Å². The smallest absolute Gasteiger partial charge is 0.0354 e. The Morgan fingerprint density at radius 2 is 0.786 bits per heavy atom. The summed E-state index contributed by atoms with van der Waals surface area (Å²) >= 11 is 0. The van der Waals surface area contributed by atoms with Crippen molar-refractivity contribution in [3.63, 3.8) is 0 Å². The van der Waals surface area contributed by atoms with Crippen molar-refractivity contribution in [2.75, 3.05) is 0 Å². The summed E-state index contributed by atoms with van der Waals surface area (Å²) in [5.41, 5.74) is 1.27. The monoisotopic (exact) mass is 198 g/mol. The summed E-state index contributed by atoms with van der Waals surface area (Å²) in [4.78, 5) is 0. The van der Waals surface area contributed by atoms with Gasteiger partial charge < -0.3 is 0 Å². The van der Waals surface area contributed by atoms with Crippen LogP contribution in [0.5, 0.6) is 0 Å². The van der Waals surface area contributed by atoms with Crippen molar-refractivity contribution in [1.29, 1.82) is 0 Å². The highest BCUT2D eigenvalue weighted by Crippen LogP contribution is 2.44. The van der Waals surface area contributed by atoms with Gasteiger partial charge in [-0.2, -0.15) is 0 Å². The van der Waals surface area contributed by atoms with Crippen LogP contribution in [0.3, 0.4) is 0 Å². The molecule has 0 atom stereocenters. The zero-order valence-electron chi connectivity index (χ0n) is 11.4. The van der Waals surface area contributed by atoms with Crippen LogP contribution in [0.2, 0.25) is 0 Å². The second kappa shape index (κ2) is 5.19. The van der Waals surface area contributed by atoms with Crippen molar-refractivity contribution in [3.05, 3.63) is 0 Å². The van der Waals surface area contributed by atoms with Crippen molar-refractivity contribution >= 4 is 0 Å². The predicted molar refractivity (Wildman–Crippen MR) is 66.5 cm³/mol. The Kier molecular flexibility index (Phi) is 5.19. The summed E-state index contributed by atoms with van der Waals surface area (Å²) in [5, 5.41) is 0. The highest BCUT2D eigenvalue weighted by Gasteiger charge is 2.30. The van der Waals surface area contributed by atoms with Crippen LogP contribution in [0, 0.1) is 16.7 Å². The van der Waals surface area contributed by atoms with Gasteiger partial charge in [-0.3, -0.25) is 0 Å². The third-order valence-corrected chi connectivity index (χ3v) is 2.96. The highest BCUT2D eigenvalue weighted by atomic mass is 14.4. The van der Waals surface area contributed by atoms with E-state index in [4.69, 9.17) is 0 Å². The van der Waals surface area contributed by atoms with Gasteiger partial charge in [0.1, 0.15) is 0 Å². The van der Waals surface area contributed by atoms with Crippen molar-refractivity contribution in [2.45, 2.75) is 74.1 Å². The van der Waals surface area contributed by atoms with Gasteiger partial charge in [-0.1, -0.05) is 48.5 Å². The molecule has 14 heavy (non-hydrogen) atoms. The Labute approximate surface area is 91.5 Å². The number of hydrogen-bond donors (Lipinski definition) is 0. The molecule has 1 rings (SSSR count). The Morgan fingerprint density at radius 1 is 0.643 bits per heavy atom. The molecule has 0 saturated heterocycles. The Morgan fingerprint density at radius 3 is 0.929 bits per heavy atom. The molecule has 0 unspecified atom stereocenters. The lowest BCUT2D eigenvalue weighted by molar-refractivity contribution is 0.133. The van der Waals surface area contributed by atoms with E-state index in [0.717, 1.165) is 5.92 Å². The fraction of sp³-hybridized carbons (Fsp3) is 1.00. The van der Waals surface area contributed by atoms with Gasteiger partial charge in [0.15, 0.2) is 0 Å². The molecule has 1 saturated carbocycles. The van der Waals surface area contributed by atoms with Gasteiger partial charge in [-0.05, 0) is 42.4 Å². The molecule has 86 valence electrons. The maximum absolute atomic E-state index is 2.39. The summed E-state index contributed by atoms with van der Waals surface area (Å²) in [6, 6.07) is 0. The van der Waals surface area contributed by atoms with Crippen molar-refractivity contribution in [3.8, 4) is 0 Å². The minimum Gasteiger partial charge on any atom is -0.0630 e. The molecule has 0 heterocycles. The number of hydrogen-bond acceptors (Lipinski definition) is 0. The normalized spacial score (nSPS) is 24.0. The molecule has 0 heteroatoms. The summed E-state index contributed by atoms with van der Waals surface area (Å²) in [6.07, 6.45) is 5.67. The molecule has 0 N–H and O–H groups in total. The molecule has 0 aliphatic heterocycles. The predicted octanol–water partition coefficient (Wildman–Crippen LogP) is 5.28. The van der Waals surface area contributed by atoms with E-state index in [1.54, 1.807) is 0 Å². The first-order valence-corrected chi connectivity index (χ1v) is 6.15. The van der Waals surface area contributed by atoms with E-state index in [9.17, 15) is 0 Å². The second-order valence-corrected chi connectivity index (χ2v) is 7.06. The third kappa shape index (κ3) is 7.41. The molecule has 0 aromatic heterocycles. The molecule has 0 bridgehead atoms. The van der Waals surface area contributed by atoms with Gasteiger partial charge in [0.25, 0.3) is 0 Å². The first kappa shape index (κ1) is 14.0. The minimum absolute atomic E-state index is 0.634. The summed E-state index contributed by atoms with van der Waals surface area (Å²) < 4.78 is 0. The van der Waals surface area contributed by atoms with Crippen LogP contribution in [0.25, 0.3) is 0 Å². The average molecular weight is 198 g/mol. The van der Waals surface area contributed by atoms with Crippen LogP contribution in [0.15, 0.2) is 0 Å². The molecule has 0 radical (unpaired) electrons. The third-order valence-electron chi connectivity index (χ3n) is 2.96. The second-order valence-electron chi connectivity index (χ2n) is 7.06. The van der Waals surface area contributed by atoms with Crippen LogP contribution < -0.4 is 0 Å². The fourth-order valence-corrected chi connectivity index (χ4v) is 1.60. The van der Waals surface area contributed by atoms with Crippen molar-refractivity contribution in [1.82, 2.24) is 0 Å². The Bertz CT molecular complexity index is 121. The standard InChI is InChI=1S/C10H20.C4H10/c1-9(2)5-7-10(3,4)8-6-9;1-4(2)3/h5-8H2,1-4H3;4H,1-3H3. The quantitative estimate of drug-likeness (QED) is 0.497. The van der Waals surface area contributed by atoms with Gasteiger partial charge >= 0.3 is 0 Å². The van der Waals surface area contributed by atoms with Crippen LogP contribution in [-0.2, 0) is 0 Å². The summed E-state index contributed by atoms with van der Waals surface area (Å²) in [6.45, 7) is 16.1. The molecular weight excluding hydrogens is 168 g/mol. The zero-order valence-corrected chi connectivity index (χ0v) is 11.4. The maximum Gasteiger partial charge on any atom is -0.0354 e. The highest BCUT2D eigenvalue weighted by molar-refractivity contribution is 4.82. The largest absolute Gasteiger partial charge is 0.0630 e. The van der Waals surface area contributed by atoms with Gasteiger partial charge in [0, 0.05) is 0 Å². The van der Waals surface area contributed by atoms with Gasteiger partial charge in [0.2, 0.25) is 0 Å². The summed E-state index contributed by atoms with van der Waals surface area (Å²) in [5.74, 6) is 0.833. The lowest BCUT2D eigenvalue weighted by Gasteiger charge is -2.39. The van der Waals surface area contributed by atoms with Crippen LogP contribution >= 0.6 is 0 Å². The molecular formula is C14H30. The first-order valence-electron chi connectivity index (χ1n) is 6.15. The molecule has 0 aromatic rings. The Balaban J connectivity index is 0.000000364. The van der Waals surface area contributed by atoms with Crippen LogP contribution in [0.4, 0.5) is 0 Å². The van der Waals surface area contributed by atoms with Crippen molar-refractivity contribution in [2.24, 2.45) is 16.7 Å². The lowest BCUT2D eigenvalue weighted by atomic mass is 9.67. The molecule has 0 amide bonds. The minimum atomic E-state index is 0.634. The van der Waals surface area contributed by atoms with E-state index >= 15 is 0 Å². The van der Waals surface area contributed by atoms with Crippen LogP contribution in [-0.4, -0.2) is 0 Å². The molecule has 0 aromatic carbocycles. The first-order chi connectivity index (χ1) is 6.15. The van der Waals surface area contributed by atoms with Crippen LogP contribution in [0.1, 0.15) is 74.1 Å². The average Bonchev–Trinajstić information content (AvgIpc) is 1.96. The molecule has 0 nitrogen and oxygen atoms in total. The van der Waals surface area contributed by atoms with E-state index in [-0.39, 0.29) is 0 Å². The van der Waals surface area contributed by atoms with Crippen molar-refractivity contribution < 1.29 is 0 Å². The SMILES string of the molecule is CC(C)C.CC1(C)CCC(C)(C)CC1. The molecule has 1 aliphatic carbocycles. The molecule has 1 fully saturated rings. The topological polar surface area (TPSA) is 0 Å². The summed E-state index contributed by atoms with van der Waals surface area (Å²) in [7, 11) is 0. The maximum atomic E-state index is 2.39.